The van der Waals surface area contributed by atoms with E-state index in [-0.39, 0.29) is 34.6 Å². The van der Waals surface area contributed by atoms with Gasteiger partial charge in [-0.25, -0.2) is 0 Å². The van der Waals surface area contributed by atoms with E-state index in [9.17, 15) is 14.5 Å². The number of phenolic OH excluding ortho intramolecular Hbond substituents is 1. The van der Waals surface area contributed by atoms with Crippen LogP contribution in [-0.2, 0) is 16.2 Å². The first kappa shape index (κ1) is 24.9. The number of benzene rings is 1. The number of hydrogen-bond donors (Lipinski definition) is 2. The highest BCUT2D eigenvalue weighted by Gasteiger charge is 2.38. The molecular weight excluding hydrogens is 457 g/mol. The number of phenols is 1. The topological polar surface area (TPSA) is 78.9 Å². The Kier molecular flexibility index (Phi) is 8.09. The van der Waals surface area contributed by atoms with Crippen LogP contribution in [0.4, 0.5) is 0 Å². The summed E-state index contributed by atoms with van der Waals surface area (Å²) >= 11 is 11.0. The van der Waals surface area contributed by atoms with Crippen LogP contribution < -0.4 is 4.72 Å². The maximum atomic E-state index is 12.9. The molecule has 174 valence electrons. The van der Waals surface area contributed by atoms with Gasteiger partial charge in [0.25, 0.3) is 0 Å². The molecule has 1 amide bonds. The molecule has 0 aromatic heterocycles. The van der Waals surface area contributed by atoms with Crippen molar-refractivity contribution in [3.8, 4) is 5.75 Å². The van der Waals surface area contributed by atoms with E-state index in [1.807, 2.05) is 25.7 Å². The largest absolute Gasteiger partial charge is 0.598 e. The molecule has 2 aliphatic heterocycles. The van der Waals surface area contributed by atoms with Crippen molar-refractivity contribution < 1.29 is 14.5 Å². The van der Waals surface area contributed by atoms with Gasteiger partial charge >= 0.3 is 0 Å². The quantitative estimate of drug-likeness (QED) is 0.611. The molecular formula is C22H33Cl2N3O3S. The Labute approximate surface area is 198 Å². The normalized spacial score (nSPS) is 23.2. The average molecular weight is 490 g/mol. The van der Waals surface area contributed by atoms with Crippen molar-refractivity contribution in [2.45, 2.75) is 50.8 Å². The smallest absolute Gasteiger partial charge is 0.227 e. The molecule has 2 fully saturated rings. The lowest BCUT2D eigenvalue weighted by atomic mass is 9.85. The van der Waals surface area contributed by atoms with Gasteiger partial charge in [0.1, 0.15) is 10.5 Å². The highest BCUT2D eigenvalue weighted by Crippen LogP contribution is 2.40. The van der Waals surface area contributed by atoms with E-state index in [1.165, 1.54) is 6.07 Å². The third kappa shape index (κ3) is 6.01. The van der Waals surface area contributed by atoms with Gasteiger partial charge in [-0.3, -0.25) is 4.79 Å². The average Bonchev–Trinajstić information content (AvgIpc) is 3.14. The Hall–Kier alpha value is -0.700. The lowest BCUT2D eigenvalue weighted by molar-refractivity contribution is -0.136. The van der Waals surface area contributed by atoms with Crippen LogP contribution in [0.15, 0.2) is 12.1 Å². The number of halogens is 2. The van der Waals surface area contributed by atoms with Crippen molar-refractivity contribution in [1.29, 1.82) is 0 Å². The second-order valence-electron chi connectivity index (χ2n) is 9.71. The Morgan fingerprint density at radius 2 is 1.81 bits per heavy atom. The number of piperidine rings is 1. The van der Waals surface area contributed by atoms with Crippen LogP contribution in [-0.4, -0.2) is 63.3 Å². The van der Waals surface area contributed by atoms with E-state index >= 15 is 0 Å². The lowest BCUT2D eigenvalue weighted by Crippen LogP contribution is -2.47. The minimum Gasteiger partial charge on any atom is -0.598 e. The fourth-order valence-corrected chi connectivity index (χ4v) is 5.59. The number of rotatable bonds is 5. The summed E-state index contributed by atoms with van der Waals surface area (Å²) in [6, 6.07) is 2.73. The SMILES string of the molecule is CN1CCC(C(=O)N2CCC([C@@H](N[S+]([O-])C(C)(C)C)c3cc(Cl)c(Cl)cc3O)CC2)C1. The number of nitrogens with one attached hydrogen (secondary N) is 1. The Balaban J connectivity index is 1.76. The van der Waals surface area contributed by atoms with Gasteiger partial charge in [0.2, 0.25) is 5.91 Å². The molecule has 3 rings (SSSR count). The molecule has 2 aliphatic rings. The molecule has 0 saturated carbocycles. The van der Waals surface area contributed by atoms with Gasteiger partial charge < -0.3 is 19.5 Å². The van der Waals surface area contributed by atoms with Gasteiger partial charge in [-0.05, 0) is 65.6 Å². The lowest BCUT2D eigenvalue weighted by Gasteiger charge is -2.38. The Bertz CT molecular complexity index is 797. The van der Waals surface area contributed by atoms with Crippen molar-refractivity contribution >= 4 is 40.5 Å². The van der Waals surface area contributed by atoms with Gasteiger partial charge in [-0.15, -0.1) is 4.72 Å². The van der Waals surface area contributed by atoms with E-state index in [1.54, 1.807) is 6.07 Å². The molecule has 31 heavy (non-hydrogen) atoms. The van der Waals surface area contributed by atoms with Crippen molar-refractivity contribution in [3.63, 3.8) is 0 Å². The molecule has 3 atom stereocenters. The van der Waals surface area contributed by atoms with Crippen LogP contribution in [0.3, 0.4) is 0 Å². The molecule has 0 aliphatic carbocycles. The zero-order valence-corrected chi connectivity index (χ0v) is 21.0. The first-order chi connectivity index (χ1) is 14.5. The summed E-state index contributed by atoms with van der Waals surface area (Å²) < 4.78 is 15.7. The number of likely N-dealkylation sites (tertiary alicyclic amines) is 2. The summed E-state index contributed by atoms with van der Waals surface area (Å²) in [6.45, 7) is 8.82. The molecule has 1 aromatic carbocycles. The number of aromatic hydroxyl groups is 1. The third-order valence-corrected chi connectivity index (χ3v) is 8.56. The molecule has 2 N–H and O–H groups in total. The van der Waals surface area contributed by atoms with Crippen LogP contribution in [0, 0.1) is 11.8 Å². The maximum absolute atomic E-state index is 12.9. The fraction of sp³-hybridized carbons (Fsp3) is 0.682. The van der Waals surface area contributed by atoms with E-state index < -0.39 is 16.1 Å². The zero-order valence-electron chi connectivity index (χ0n) is 18.7. The van der Waals surface area contributed by atoms with Gasteiger partial charge in [0.15, 0.2) is 0 Å². The third-order valence-electron chi connectivity index (χ3n) is 6.26. The Morgan fingerprint density at radius 1 is 1.19 bits per heavy atom. The number of hydrogen-bond acceptors (Lipinski definition) is 5. The first-order valence-corrected chi connectivity index (χ1v) is 12.7. The van der Waals surface area contributed by atoms with E-state index in [0.29, 0.717) is 23.7 Å². The summed E-state index contributed by atoms with van der Waals surface area (Å²) in [6.07, 6.45) is 2.43. The summed E-state index contributed by atoms with van der Waals surface area (Å²) in [4.78, 5) is 17.1. The van der Waals surface area contributed by atoms with Crippen molar-refractivity contribution in [2.75, 3.05) is 33.2 Å². The highest BCUT2D eigenvalue weighted by atomic mass is 35.5. The van der Waals surface area contributed by atoms with Crippen LogP contribution >= 0.6 is 23.2 Å². The van der Waals surface area contributed by atoms with Crippen LogP contribution in [0.2, 0.25) is 10.0 Å². The summed E-state index contributed by atoms with van der Waals surface area (Å²) in [5.74, 6) is 0.459. The van der Waals surface area contributed by atoms with Gasteiger partial charge in [0, 0.05) is 42.6 Å². The molecule has 2 saturated heterocycles. The van der Waals surface area contributed by atoms with Gasteiger partial charge in [0.05, 0.1) is 22.0 Å². The number of carbonyl (C=O) groups excluding carboxylic acids is 1. The fourth-order valence-electron chi connectivity index (χ4n) is 4.35. The summed E-state index contributed by atoms with van der Waals surface area (Å²) in [5.41, 5.74) is 0.592. The van der Waals surface area contributed by atoms with Crippen LogP contribution in [0.1, 0.15) is 51.6 Å². The molecule has 0 spiro atoms. The van der Waals surface area contributed by atoms with E-state index in [0.717, 1.165) is 32.4 Å². The minimum atomic E-state index is -1.34. The number of nitrogens with zero attached hydrogens (tertiary/aromatic N) is 2. The summed E-state index contributed by atoms with van der Waals surface area (Å²) in [5, 5.41) is 11.2. The molecule has 6 nitrogen and oxygen atoms in total. The second-order valence-corrected chi connectivity index (χ2v) is 12.5. The predicted molar refractivity (Wildman–Crippen MR) is 127 cm³/mol. The predicted octanol–water partition coefficient (Wildman–Crippen LogP) is 3.98. The van der Waals surface area contributed by atoms with Crippen LogP contribution in [0.5, 0.6) is 5.75 Å². The number of amides is 1. The summed E-state index contributed by atoms with van der Waals surface area (Å²) in [7, 11) is 2.05. The van der Waals surface area contributed by atoms with Crippen molar-refractivity contribution in [3.05, 3.63) is 27.7 Å². The first-order valence-electron chi connectivity index (χ1n) is 10.8. The zero-order chi connectivity index (χ0) is 22.9. The standard InChI is InChI=1S/C22H33Cl2N3O3S/c1-22(2,3)31(30)25-20(16-11-17(23)18(24)12-19(16)28)14-6-9-27(10-7-14)21(29)15-5-8-26(4)13-15/h11-12,14-15,20,25,28H,5-10,13H2,1-4H3/t15?,20-,31?/m1/s1. The van der Waals surface area contributed by atoms with Crippen LogP contribution in [0.25, 0.3) is 0 Å². The second kappa shape index (κ2) is 10.1. The monoisotopic (exact) mass is 489 g/mol. The highest BCUT2D eigenvalue weighted by molar-refractivity contribution is 7.90. The molecule has 1 aromatic rings. The van der Waals surface area contributed by atoms with E-state index in [2.05, 4.69) is 16.7 Å². The molecule has 2 unspecified atom stereocenters. The molecule has 2 heterocycles. The van der Waals surface area contributed by atoms with Crippen molar-refractivity contribution in [2.24, 2.45) is 11.8 Å². The molecule has 9 heteroatoms. The van der Waals surface area contributed by atoms with Gasteiger partial charge in [-0.1, -0.05) is 23.2 Å². The minimum absolute atomic E-state index is 0.0327. The van der Waals surface area contributed by atoms with Gasteiger partial charge in [-0.2, -0.15) is 0 Å². The maximum Gasteiger partial charge on any atom is 0.227 e. The Morgan fingerprint density at radius 3 is 2.35 bits per heavy atom. The number of carbonyl (C=O) groups is 1. The molecule has 0 radical (unpaired) electrons. The van der Waals surface area contributed by atoms with Crippen molar-refractivity contribution in [1.82, 2.24) is 14.5 Å². The van der Waals surface area contributed by atoms with E-state index in [4.69, 9.17) is 23.2 Å². The molecule has 0 bridgehead atoms.